The number of nitrogens with zero attached hydrogens (tertiary/aromatic N) is 7. The van der Waals surface area contributed by atoms with Gasteiger partial charge >= 0.3 is 0 Å². The van der Waals surface area contributed by atoms with Crippen LogP contribution in [0.25, 0.3) is 11.3 Å². The number of halogens is 2. The Morgan fingerprint density at radius 1 is 1.13 bits per heavy atom. The number of para-hydroxylation sites is 1. The van der Waals surface area contributed by atoms with Gasteiger partial charge in [-0.3, -0.25) is 4.90 Å². The quantitative estimate of drug-likeness (QED) is 0.491. The molecule has 3 aromatic rings. The lowest BCUT2D eigenvalue weighted by Crippen LogP contribution is -2.47. The summed E-state index contributed by atoms with van der Waals surface area (Å²) in [6, 6.07) is 11.0. The Morgan fingerprint density at radius 3 is 2.74 bits per heavy atom. The molecule has 1 aromatic carbocycles. The fraction of sp³-hybridized carbons (Fsp3) is 0.407. The van der Waals surface area contributed by atoms with Crippen molar-refractivity contribution in [3.05, 3.63) is 48.4 Å². The number of alkyl halides is 2. The lowest BCUT2D eigenvalue weighted by Gasteiger charge is -2.35. The molecule has 0 bridgehead atoms. The Kier molecular flexibility index (Phi) is 7.51. The third-order valence-corrected chi connectivity index (χ3v) is 6.96. The number of hydrogen-bond donors (Lipinski definition) is 2. The summed E-state index contributed by atoms with van der Waals surface area (Å²) in [6.45, 7) is 5.21. The van der Waals surface area contributed by atoms with Crippen LogP contribution >= 0.6 is 0 Å². The maximum Gasteiger partial charge on any atom is 0.251 e. The molecule has 0 aliphatic carbocycles. The summed E-state index contributed by atoms with van der Waals surface area (Å²) in [6.07, 6.45) is 0.247. The number of aromatic hydroxyl groups is 1. The first-order valence-corrected chi connectivity index (χ1v) is 12.7. The maximum atomic E-state index is 12.5. The van der Waals surface area contributed by atoms with Crippen molar-refractivity contribution in [1.29, 1.82) is 0 Å². The van der Waals surface area contributed by atoms with E-state index in [0.717, 1.165) is 24.5 Å². The van der Waals surface area contributed by atoms with Crippen molar-refractivity contribution in [1.82, 2.24) is 25.1 Å². The molecular weight excluding hydrogens is 490 g/mol. The molecule has 2 saturated heterocycles. The van der Waals surface area contributed by atoms with Crippen molar-refractivity contribution in [3.63, 3.8) is 0 Å². The SMILES string of the molecule is CC1CCN(c2cc(-c3ccccc3O)nnc2N)CCN1c1ccnc(C#CC2CN(CC(F)F)C2)n1. The third kappa shape index (κ3) is 5.75. The highest BCUT2D eigenvalue weighted by atomic mass is 19.3. The van der Waals surface area contributed by atoms with Gasteiger partial charge in [0.05, 0.1) is 17.9 Å². The van der Waals surface area contributed by atoms with Crippen LogP contribution in [0.4, 0.5) is 26.1 Å². The topological polar surface area (TPSA) is 108 Å². The molecule has 1 unspecified atom stereocenters. The number of benzene rings is 1. The summed E-state index contributed by atoms with van der Waals surface area (Å²) in [5.41, 5.74) is 8.17. The third-order valence-electron chi connectivity index (χ3n) is 6.96. The average molecular weight is 521 g/mol. The van der Waals surface area contributed by atoms with E-state index in [9.17, 15) is 13.9 Å². The first-order chi connectivity index (χ1) is 18.4. The van der Waals surface area contributed by atoms with E-state index in [-0.39, 0.29) is 24.3 Å². The zero-order valence-electron chi connectivity index (χ0n) is 21.1. The molecule has 38 heavy (non-hydrogen) atoms. The minimum Gasteiger partial charge on any atom is -0.507 e. The normalized spacial score (nSPS) is 18.6. The first-order valence-electron chi connectivity index (χ1n) is 12.7. The summed E-state index contributed by atoms with van der Waals surface area (Å²) in [7, 11) is 0. The van der Waals surface area contributed by atoms with Gasteiger partial charge in [-0.2, -0.15) is 0 Å². The second kappa shape index (κ2) is 11.1. The van der Waals surface area contributed by atoms with Crippen molar-refractivity contribution < 1.29 is 13.9 Å². The molecule has 4 heterocycles. The van der Waals surface area contributed by atoms with E-state index >= 15 is 0 Å². The molecular formula is C27H30F2N8O. The van der Waals surface area contributed by atoms with Gasteiger partial charge in [0.2, 0.25) is 5.82 Å². The number of nitrogens with two attached hydrogens (primary N) is 1. The molecule has 2 aliphatic rings. The maximum absolute atomic E-state index is 12.5. The predicted octanol–water partition coefficient (Wildman–Crippen LogP) is 2.88. The molecule has 2 aliphatic heterocycles. The highest BCUT2D eigenvalue weighted by molar-refractivity contribution is 5.74. The van der Waals surface area contributed by atoms with Gasteiger partial charge in [0.1, 0.15) is 11.6 Å². The second-order valence-electron chi connectivity index (χ2n) is 9.65. The number of phenolic OH excluding ortho intramolecular Hbond substituents is 1. The largest absolute Gasteiger partial charge is 0.507 e. The van der Waals surface area contributed by atoms with Gasteiger partial charge in [0, 0.05) is 56.4 Å². The van der Waals surface area contributed by atoms with Gasteiger partial charge in [0.25, 0.3) is 6.43 Å². The van der Waals surface area contributed by atoms with Gasteiger partial charge in [-0.1, -0.05) is 18.1 Å². The van der Waals surface area contributed by atoms with Crippen LogP contribution < -0.4 is 15.5 Å². The number of nitrogen functional groups attached to an aromatic ring is 1. The molecule has 198 valence electrons. The highest BCUT2D eigenvalue weighted by Gasteiger charge is 2.27. The second-order valence-corrected chi connectivity index (χ2v) is 9.65. The molecule has 2 aromatic heterocycles. The molecule has 3 N–H and O–H groups in total. The fourth-order valence-corrected chi connectivity index (χ4v) is 4.85. The first kappa shape index (κ1) is 25.6. The molecule has 1 atom stereocenters. The number of phenols is 1. The van der Waals surface area contributed by atoms with E-state index in [1.165, 1.54) is 0 Å². The summed E-state index contributed by atoms with van der Waals surface area (Å²) in [5, 5.41) is 18.6. The van der Waals surface area contributed by atoms with Crippen LogP contribution in [-0.2, 0) is 0 Å². The predicted molar refractivity (Wildman–Crippen MR) is 142 cm³/mol. The monoisotopic (exact) mass is 520 g/mol. The molecule has 0 radical (unpaired) electrons. The van der Waals surface area contributed by atoms with Gasteiger partial charge in [-0.15, -0.1) is 10.2 Å². The van der Waals surface area contributed by atoms with Gasteiger partial charge < -0.3 is 20.6 Å². The summed E-state index contributed by atoms with van der Waals surface area (Å²) < 4.78 is 25.0. The Labute approximate surface area is 220 Å². The molecule has 11 heteroatoms. The smallest absolute Gasteiger partial charge is 0.251 e. The van der Waals surface area contributed by atoms with E-state index in [0.29, 0.717) is 49.1 Å². The Balaban J connectivity index is 1.28. The summed E-state index contributed by atoms with van der Waals surface area (Å²) in [5.74, 6) is 7.90. The Morgan fingerprint density at radius 2 is 1.95 bits per heavy atom. The molecule has 5 rings (SSSR count). The molecule has 2 fully saturated rings. The van der Waals surface area contributed by atoms with Crippen LogP contribution in [0.15, 0.2) is 42.6 Å². The standard InChI is InChI=1S/C27H30F2N8O/c1-18-9-11-36(22-14-21(33-34-27(22)30)20-4-2-3-5-23(20)38)12-13-37(18)26-8-10-31-25(32-26)7-6-19-15-35(16-19)17-24(28)29/h2-5,8,10,14,18-19,24,38H,9,11-13,15-17H2,1H3,(H2,30,34). The van der Waals surface area contributed by atoms with Crippen LogP contribution in [0, 0.1) is 17.8 Å². The van der Waals surface area contributed by atoms with Crippen LogP contribution in [-0.4, -0.2) is 81.9 Å². The van der Waals surface area contributed by atoms with E-state index in [1.807, 2.05) is 18.2 Å². The fourth-order valence-electron chi connectivity index (χ4n) is 4.85. The molecule has 9 nitrogen and oxygen atoms in total. The number of anilines is 3. The van der Waals surface area contributed by atoms with Crippen molar-refractivity contribution in [2.75, 3.05) is 54.8 Å². The van der Waals surface area contributed by atoms with E-state index in [1.54, 1.807) is 29.3 Å². The number of aromatic nitrogens is 4. The summed E-state index contributed by atoms with van der Waals surface area (Å²) >= 11 is 0. The van der Waals surface area contributed by atoms with Crippen LogP contribution in [0.3, 0.4) is 0 Å². The number of likely N-dealkylation sites (tertiary alicyclic amines) is 1. The minimum atomic E-state index is -2.32. The molecule has 0 saturated carbocycles. The Bertz CT molecular complexity index is 1340. The van der Waals surface area contributed by atoms with Gasteiger partial charge in [0.15, 0.2) is 5.82 Å². The lowest BCUT2D eigenvalue weighted by atomic mass is 10.0. The van der Waals surface area contributed by atoms with Gasteiger partial charge in [-0.25, -0.2) is 18.7 Å². The molecule has 0 spiro atoms. The van der Waals surface area contributed by atoms with Crippen molar-refractivity contribution in [2.24, 2.45) is 5.92 Å². The van der Waals surface area contributed by atoms with Crippen molar-refractivity contribution in [2.45, 2.75) is 25.8 Å². The Hall–Kier alpha value is -4.04. The van der Waals surface area contributed by atoms with Gasteiger partial charge in [-0.05, 0) is 43.5 Å². The number of hydrogen-bond acceptors (Lipinski definition) is 9. The average Bonchev–Trinajstić information content (AvgIpc) is 3.07. The lowest BCUT2D eigenvalue weighted by molar-refractivity contribution is 0.0413. The minimum absolute atomic E-state index is 0.0637. The zero-order valence-corrected chi connectivity index (χ0v) is 21.1. The van der Waals surface area contributed by atoms with Crippen molar-refractivity contribution in [3.8, 4) is 28.8 Å². The van der Waals surface area contributed by atoms with E-state index in [4.69, 9.17) is 5.73 Å². The van der Waals surface area contributed by atoms with Crippen LogP contribution in [0.1, 0.15) is 19.2 Å². The van der Waals surface area contributed by atoms with E-state index < -0.39 is 6.43 Å². The van der Waals surface area contributed by atoms with E-state index in [2.05, 4.69) is 48.7 Å². The zero-order chi connectivity index (χ0) is 26.6. The number of rotatable bonds is 5. The molecule has 0 amide bonds. The van der Waals surface area contributed by atoms with Crippen LogP contribution in [0.2, 0.25) is 0 Å². The highest BCUT2D eigenvalue weighted by Crippen LogP contribution is 2.32. The van der Waals surface area contributed by atoms with Crippen molar-refractivity contribution >= 4 is 17.3 Å². The summed E-state index contributed by atoms with van der Waals surface area (Å²) in [4.78, 5) is 15.1. The van der Waals surface area contributed by atoms with Crippen LogP contribution in [0.5, 0.6) is 5.75 Å².